The highest BCUT2D eigenvalue weighted by atomic mass is 32.1. The van der Waals surface area contributed by atoms with Crippen LogP contribution in [0, 0.1) is 11.6 Å². The minimum absolute atomic E-state index is 0.0674. The SMILES string of the molecule is NCc1nc(C(=O)c2ccc(F)c(F)c2)cs1. The van der Waals surface area contributed by atoms with Crippen LogP contribution in [-0.4, -0.2) is 10.8 Å². The lowest BCUT2D eigenvalue weighted by Crippen LogP contribution is -2.04. The molecule has 17 heavy (non-hydrogen) atoms. The van der Waals surface area contributed by atoms with Crippen LogP contribution in [-0.2, 0) is 6.54 Å². The topological polar surface area (TPSA) is 56.0 Å². The number of carbonyl (C=O) groups is 1. The Bertz CT molecular complexity index is 568. The highest BCUT2D eigenvalue weighted by Crippen LogP contribution is 2.15. The molecule has 0 aliphatic carbocycles. The van der Waals surface area contributed by atoms with Crippen molar-refractivity contribution in [3.63, 3.8) is 0 Å². The van der Waals surface area contributed by atoms with Crippen LogP contribution in [0.3, 0.4) is 0 Å². The average Bonchev–Trinajstić information content (AvgIpc) is 2.80. The lowest BCUT2D eigenvalue weighted by Gasteiger charge is -1.98. The zero-order valence-electron chi connectivity index (χ0n) is 8.61. The molecule has 0 atom stereocenters. The summed E-state index contributed by atoms with van der Waals surface area (Å²) in [4.78, 5) is 15.8. The van der Waals surface area contributed by atoms with Crippen molar-refractivity contribution < 1.29 is 13.6 Å². The minimum Gasteiger partial charge on any atom is -0.325 e. The number of hydrogen-bond acceptors (Lipinski definition) is 4. The Balaban J connectivity index is 2.33. The monoisotopic (exact) mass is 254 g/mol. The number of rotatable bonds is 3. The van der Waals surface area contributed by atoms with Crippen LogP contribution in [0.2, 0.25) is 0 Å². The summed E-state index contributed by atoms with van der Waals surface area (Å²) in [7, 11) is 0. The molecule has 88 valence electrons. The van der Waals surface area contributed by atoms with Gasteiger partial charge in [0.2, 0.25) is 5.78 Å². The second-order valence-electron chi connectivity index (χ2n) is 3.29. The quantitative estimate of drug-likeness (QED) is 0.853. The van der Waals surface area contributed by atoms with E-state index in [2.05, 4.69) is 4.98 Å². The van der Waals surface area contributed by atoms with Gasteiger partial charge in [0.05, 0.1) is 0 Å². The molecule has 0 spiro atoms. The van der Waals surface area contributed by atoms with E-state index in [9.17, 15) is 13.6 Å². The number of nitrogens with two attached hydrogens (primary N) is 1. The summed E-state index contributed by atoms with van der Waals surface area (Å²) in [6.45, 7) is 0.246. The van der Waals surface area contributed by atoms with Gasteiger partial charge in [-0.3, -0.25) is 4.79 Å². The van der Waals surface area contributed by atoms with Crippen molar-refractivity contribution in [1.29, 1.82) is 0 Å². The van der Waals surface area contributed by atoms with Crippen molar-refractivity contribution >= 4 is 17.1 Å². The van der Waals surface area contributed by atoms with E-state index in [-0.39, 0.29) is 17.8 Å². The maximum atomic E-state index is 13.0. The number of carbonyl (C=O) groups excluding carboxylic acids is 1. The van der Waals surface area contributed by atoms with Crippen LogP contribution < -0.4 is 5.73 Å². The summed E-state index contributed by atoms with van der Waals surface area (Å²) >= 11 is 1.26. The van der Waals surface area contributed by atoms with Crippen molar-refractivity contribution in [2.24, 2.45) is 5.73 Å². The fourth-order valence-corrected chi connectivity index (χ4v) is 1.95. The van der Waals surface area contributed by atoms with Gasteiger partial charge < -0.3 is 5.73 Å². The van der Waals surface area contributed by atoms with E-state index in [1.165, 1.54) is 17.4 Å². The Kier molecular flexibility index (Phi) is 3.26. The summed E-state index contributed by atoms with van der Waals surface area (Å²) in [5.74, 6) is -2.48. The molecule has 1 aromatic carbocycles. The van der Waals surface area contributed by atoms with Gasteiger partial charge in [-0.05, 0) is 18.2 Å². The molecule has 0 saturated heterocycles. The standard InChI is InChI=1S/C11H8F2N2OS/c12-7-2-1-6(3-8(7)13)11(16)9-5-17-10(4-14)15-9/h1-3,5H,4,14H2. The van der Waals surface area contributed by atoms with E-state index in [1.807, 2.05) is 0 Å². The van der Waals surface area contributed by atoms with Gasteiger partial charge in [0.25, 0.3) is 0 Å². The van der Waals surface area contributed by atoms with Crippen molar-refractivity contribution in [2.45, 2.75) is 6.54 Å². The molecule has 3 nitrogen and oxygen atoms in total. The summed E-state index contributed by atoms with van der Waals surface area (Å²) in [6, 6.07) is 3.00. The van der Waals surface area contributed by atoms with Crippen LogP contribution in [0.4, 0.5) is 8.78 Å². The largest absolute Gasteiger partial charge is 0.325 e. The van der Waals surface area contributed by atoms with Gasteiger partial charge in [0.1, 0.15) is 10.7 Å². The Hall–Kier alpha value is -1.66. The lowest BCUT2D eigenvalue weighted by atomic mass is 10.1. The molecule has 0 radical (unpaired) electrons. The molecule has 1 heterocycles. The highest BCUT2D eigenvalue weighted by molar-refractivity contribution is 7.09. The predicted octanol–water partition coefficient (Wildman–Crippen LogP) is 2.11. The summed E-state index contributed by atoms with van der Waals surface area (Å²) in [5.41, 5.74) is 5.64. The Morgan fingerprint density at radius 1 is 1.35 bits per heavy atom. The van der Waals surface area contributed by atoms with E-state index >= 15 is 0 Å². The first-order valence-electron chi connectivity index (χ1n) is 4.76. The van der Waals surface area contributed by atoms with Crippen molar-refractivity contribution in [3.8, 4) is 0 Å². The third-order valence-electron chi connectivity index (χ3n) is 2.14. The molecule has 1 aromatic heterocycles. The van der Waals surface area contributed by atoms with Crippen LogP contribution in [0.1, 0.15) is 21.1 Å². The van der Waals surface area contributed by atoms with E-state index in [1.54, 1.807) is 5.38 Å². The number of nitrogens with zero attached hydrogens (tertiary/aromatic N) is 1. The minimum atomic E-state index is -1.05. The molecule has 0 saturated carbocycles. The number of aromatic nitrogens is 1. The highest BCUT2D eigenvalue weighted by Gasteiger charge is 2.14. The molecule has 0 unspecified atom stereocenters. The van der Waals surface area contributed by atoms with E-state index < -0.39 is 17.4 Å². The van der Waals surface area contributed by atoms with Gasteiger partial charge >= 0.3 is 0 Å². The Morgan fingerprint density at radius 2 is 2.12 bits per heavy atom. The molecular weight excluding hydrogens is 246 g/mol. The summed E-state index contributed by atoms with van der Waals surface area (Å²) in [6.07, 6.45) is 0. The van der Waals surface area contributed by atoms with Gasteiger partial charge in [0.15, 0.2) is 11.6 Å². The first-order valence-corrected chi connectivity index (χ1v) is 5.64. The van der Waals surface area contributed by atoms with Crippen LogP contribution in [0.15, 0.2) is 23.6 Å². The number of benzene rings is 1. The van der Waals surface area contributed by atoms with Crippen LogP contribution in [0.5, 0.6) is 0 Å². The van der Waals surface area contributed by atoms with Gasteiger partial charge in [-0.1, -0.05) is 0 Å². The van der Waals surface area contributed by atoms with Crippen LogP contribution >= 0.6 is 11.3 Å². The van der Waals surface area contributed by atoms with Gasteiger partial charge in [-0.15, -0.1) is 11.3 Å². The molecule has 2 rings (SSSR count). The molecule has 0 amide bonds. The molecule has 0 fully saturated rings. The molecular formula is C11H8F2N2OS. The summed E-state index contributed by atoms with van der Waals surface area (Å²) < 4.78 is 25.7. The fourth-order valence-electron chi connectivity index (χ4n) is 1.29. The Labute approximate surface area is 99.9 Å². The first kappa shape index (κ1) is 11.8. The maximum Gasteiger partial charge on any atom is 0.212 e. The number of ketones is 1. The second-order valence-corrected chi connectivity index (χ2v) is 4.23. The van der Waals surface area contributed by atoms with E-state index in [0.29, 0.717) is 5.01 Å². The molecule has 6 heteroatoms. The number of thiazole rings is 1. The van der Waals surface area contributed by atoms with Crippen LogP contribution in [0.25, 0.3) is 0 Å². The van der Waals surface area contributed by atoms with E-state index in [4.69, 9.17) is 5.73 Å². The third-order valence-corrected chi connectivity index (χ3v) is 3.01. The smallest absolute Gasteiger partial charge is 0.212 e. The third kappa shape index (κ3) is 2.37. The van der Waals surface area contributed by atoms with Crippen molar-refractivity contribution in [3.05, 3.63) is 51.5 Å². The van der Waals surface area contributed by atoms with Crippen molar-refractivity contribution in [1.82, 2.24) is 4.98 Å². The average molecular weight is 254 g/mol. The van der Waals surface area contributed by atoms with E-state index in [0.717, 1.165) is 12.1 Å². The Morgan fingerprint density at radius 3 is 2.71 bits per heavy atom. The predicted molar refractivity (Wildman–Crippen MR) is 59.8 cm³/mol. The van der Waals surface area contributed by atoms with Gasteiger partial charge in [0, 0.05) is 17.5 Å². The normalized spacial score (nSPS) is 10.5. The second kappa shape index (κ2) is 4.68. The number of halogens is 2. The fraction of sp³-hybridized carbons (Fsp3) is 0.0909. The van der Waals surface area contributed by atoms with Crippen molar-refractivity contribution in [2.75, 3.05) is 0 Å². The zero-order chi connectivity index (χ0) is 12.4. The first-order chi connectivity index (χ1) is 8.11. The summed E-state index contributed by atoms with van der Waals surface area (Å²) in [5, 5.41) is 2.17. The zero-order valence-corrected chi connectivity index (χ0v) is 9.43. The molecule has 2 N–H and O–H groups in total. The van der Waals surface area contributed by atoms with Gasteiger partial charge in [-0.25, -0.2) is 13.8 Å². The van der Waals surface area contributed by atoms with Gasteiger partial charge in [-0.2, -0.15) is 0 Å². The molecule has 0 aliphatic heterocycles. The number of hydrogen-bond donors (Lipinski definition) is 1. The molecule has 2 aromatic rings. The molecule has 0 bridgehead atoms. The maximum absolute atomic E-state index is 13.0. The lowest BCUT2D eigenvalue weighted by molar-refractivity contribution is 0.103. The molecule has 0 aliphatic rings.